The van der Waals surface area contributed by atoms with Gasteiger partial charge in [-0.15, -0.1) is 10.2 Å². The van der Waals surface area contributed by atoms with E-state index in [4.69, 9.17) is 10.7 Å². The molecule has 2 atom stereocenters. The van der Waals surface area contributed by atoms with Crippen molar-refractivity contribution in [1.29, 1.82) is 0 Å². The van der Waals surface area contributed by atoms with Crippen LogP contribution in [0.15, 0.2) is 42.5 Å². The number of nitrogens with zero attached hydrogens (tertiary/aromatic N) is 9. The summed E-state index contributed by atoms with van der Waals surface area (Å²) in [6, 6.07) is 12.9. The Morgan fingerprint density at radius 3 is 2.26 bits per heavy atom. The molecule has 6 aliphatic heterocycles. The number of fused-ring (bicyclic) bond motifs is 1. The lowest BCUT2D eigenvalue weighted by molar-refractivity contribution is -0.136. The number of likely N-dealkylation sites (N-methyl/N-ethyl adjacent to an activating group) is 1. The fourth-order valence-corrected chi connectivity index (χ4v) is 9.23. The van der Waals surface area contributed by atoms with Gasteiger partial charge in [-0.2, -0.15) is 4.98 Å². The van der Waals surface area contributed by atoms with Gasteiger partial charge in [0.15, 0.2) is 11.5 Å². The number of nitrogens with one attached hydrogen (secondary N) is 2. The first-order valence-electron chi connectivity index (χ1n) is 20.0. The summed E-state index contributed by atoms with van der Waals surface area (Å²) in [6.07, 6.45) is 4.01. The van der Waals surface area contributed by atoms with E-state index < -0.39 is 35.6 Å². The first-order valence-corrected chi connectivity index (χ1v) is 20.0. The van der Waals surface area contributed by atoms with Crippen LogP contribution in [0.4, 0.5) is 27.9 Å². The van der Waals surface area contributed by atoms with E-state index in [0.717, 1.165) is 68.1 Å². The number of rotatable bonds is 9. The van der Waals surface area contributed by atoms with Crippen molar-refractivity contribution in [2.75, 3.05) is 74.5 Å². The number of likely N-dealkylation sites (tertiary alicyclic amines) is 1. The zero-order valence-electron chi connectivity index (χ0n) is 32.3. The van der Waals surface area contributed by atoms with E-state index >= 15 is 0 Å². The molecule has 302 valence electrons. The number of urea groups is 1. The molecule has 58 heavy (non-hydrogen) atoms. The molecule has 9 rings (SSSR count). The van der Waals surface area contributed by atoms with Crippen molar-refractivity contribution in [1.82, 2.24) is 40.1 Å². The Bertz CT molecular complexity index is 2190. The SMILES string of the molecule is CN1CCN(C2CCCN(c3nnc(C(N)=O)c(Nc4ccc(C5CCN(C6CN(c7ccc8c(c7)C(=O)N(C7CCC(=O)NC7=O)C8=O)C6)CC5)cc4)n3)C2)C1=O. The number of primary amides is 1. The van der Waals surface area contributed by atoms with Crippen LogP contribution in [0.5, 0.6) is 0 Å². The van der Waals surface area contributed by atoms with E-state index in [0.29, 0.717) is 49.7 Å². The maximum Gasteiger partial charge on any atom is 0.320 e. The Hall–Kier alpha value is -6.17. The second-order valence-electron chi connectivity index (χ2n) is 16.1. The predicted molar refractivity (Wildman–Crippen MR) is 211 cm³/mol. The molecule has 0 bridgehead atoms. The van der Waals surface area contributed by atoms with Gasteiger partial charge in [0.2, 0.25) is 17.8 Å². The predicted octanol–water partition coefficient (Wildman–Crippen LogP) is 1.52. The Kier molecular flexibility index (Phi) is 9.65. The standard InChI is InChI=1S/C40H46N12O6/c1-47-17-18-51(40(47)58)27-3-2-14-49(20-27)39-44-35(33(34(41)54)45-46-39)42-25-6-4-23(5-7-25)24-12-15-48(16-13-24)28-21-50(22-28)26-8-9-29-30(19-26)38(57)52(37(29)56)31-10-11-32(53)43-36(31)55/h4-9,19,24,27-28,31H,2-3,10-18,20-22H2,1H3,(H2,41,54)(H,42,44,46)(H,43,53,55). The van der Waals surface area contributed by atoms with Gasteiger partial charge in [-0.3, -0.25) is 39.1 Å². The Morgan fingerprint density at radius 2 is 1.55 bits per heavy atom. The van der Waals surface area contributed by atoms with Gasteiger partial charge in [-0.25, -0.2) is 4.79 Å². The van der Waals surface area contributed by atoms with Gasteiger partial charge in [0.25, 0.3) is 17.7 Å². The number of anilines is 4. The monoisotopic (exact) mass is 790 g/mol. The van der Waals surface area contributed by atoms with Crippen molar-refractivity contribution in [2.45, 2.75) is 62.6 Å². The van der Waals surface area contributed by atoms with Crippen molar-refractivity contribution < 1.29 is 28.8 Å². The minimum atomic E-state index is -0.983. The third-order valence-corrected chi connectivity index (χ3v) is 12.6. The van der Waals surface area contributed by atoms with Gasteiger partial charge in [0.1, 0.15) is 6.04 Å². The van der Waals surface area contributed by atoms with Crippen molar-refractivity contribution in [3.05, 3.63) is 64.8 Å². The number of carbonyl (C=O) groups excluding carboxylic acids is 6. The number of nitrogens with two attached hydrogens (primary N) is 1. The van der Waals surface area contributed by atoms with Crippen LogP contribution >= 0.6 is 0 Å². The molecule has 7 heterocycles. The Labute approximate surface area is 334 Å². The van der Waals surface area contributed by atoms with Crippen LogP contribution in [0.1, 0.15) is 81.2 Å². The molecule has 0 aliphatic carbocycles. The average molecular weight is 791 g/mol. The van der Waals surface area contributed by atoms with E-state index in [1.165, 1.54) is 5.56 Å². The van der Waals surface area contributed by atoms with Crippen LogP contribution < -0.4 is 26.2 Å². The van der Waals surface area contributed by atoms with E-state index in [1.807, 2.05) is 35.0 Å². The second kappa shape index (κ2) is 15.0. The number of amides is 7. The van der Waals surface area contributed by atoms with Crippen molar-refractivity contribution in [3.63, 3.8) is 0 Å². The summed E-state index contributed by atoms with van der Waals surface area (Å²) in [5.74, 6) is -1.73. The lowest BCUT2D eigenvalue weighted by Gasteiger charge is -2.48. The zero-order valence-corrected chi connectivity index (χ0v) is 32.3. The third kappa shape index (κ3) is 6.84. The fraction of sp³-hybridized carbons (Fsp3) is 0.475. The van der Waals surface area contributed by atoms with Gasteiger partial charge in [0, 0.05) is 70.2 Å². The van der Waals surface area contributed by atoms with Crippen LogP contribution in [-0.2, 0) is 9.59 Å². The highest BCUT2D eigenvalue weighted by Gasteiger charge is 2.45. The summed E-state index contributed by atoms with van der Waals surface area (Å²) >= 11 is 0. The minimum Gasteiger partial charge on any atom is -0.368 e. The van der Waals surface area contributed by atoms with Crippen molar-refractivity contribution >= 4 is 58.7 Å². The molecule has 5 saturated heterocycles. The molecule has 7 amide bonds. The van der Waals surface area contributed by atoms with E-state index in [9.17, 15) is 28.8 Å². The third-order valence-electron chi connectivity index (χ3n) is 12.6. The number of piperidine rings is 3. The van der Waals surface area contributed by atoms with Gasteiger partial charge >= 0.3 is 6.03 Å². The van der Waals surface area contributed by atoms with Gasteiger partial charge in [-0.1, -0.05) is 12.1 Å². The molecule has 0 radical (unpaired) electrons. The fourth-order valence-electron chi connectivity index (χ4n) is 9.23. The molecular formula is C40H46N12O6. The van der Waals surface area contributed by atoms with Gasteiger partial charge < -0.3 is 30.7 Å². The van der Waals surface area contributed by atoms with Crippen LogP contribution in [-0.4, -0.2) is 148 Å². The maximum atomic E-state index is 13.3. The van der Waals surface area contributed by atoms with Crippen molar-refractivity contribution in [3.8, 4) is 0 Å². The second-order valence-corrected chi connectivity index (χ2v) is 16.1. The number of imide groups is 2. The Balaban J connectivity index is 0.782. The number of benzene rings is 2. The minimum absolute atomic E-state index is 0.0361. The first kappa shape index (κ1) is 37.4. The highest BCUT2D eigenvalue weighted by molar-refractivity contribution is 6.23. The summed E-state index contributed by atoms with van der Waals surface area (Å²) < 4.78 is 0. The topological polar surface area (TPSA) is 211 Å². The lowest BCUT2D eigenvalue weighted by Crippen LogP contribution is -2.60. The van der Waals surface area contributed by atoms with E-state index in [-0.39, 0.29) is 42.0 Å². The molecule has 1 aromatic heterocycles. The lowest BCUT2D eigenvalue weighted by atomic mass is 9.88. The number of hydrogen-bond acceptors (Lipinski definition) is 13. The molecule has 3 aromatic rings. The molecule has 18 nitrogen and oxygen atoms in total. The van der Waals surface area contributed by atoms with Crippen LogP contribution in [0, 0.1) is 0 Å². The van der Waals surface area contributed by atoms with Crippen LogP contribution in [0.25, 0.3) is 0 Å². The molecule has 6 aliphatic rings. The molecule has 4 N–H and O–H groups in total. The van der Waals surface area contributed by atoms with Crippen molar-refractivity contribution in [2.24, 2.45) is 5.73 Å². The number of aromatic nitrogens is 3. The Morgan fingerprint density at radius 1 is 0.810 bits per heavy atom. The molecule has 0 saturated carbocycles. The quantitative estimate of drug-likeness (QED) is 0.263. The highest BCUT2D eigenvalue weighted by Crippen LogP contribution is 2.35. The molecule has 0 spiro atoms. The van der Waals surface area contributed by atoms with Gasteiger partial charge in [0.05, 0.1) is 17.2 Å². The molecule has 5 fully saturated rings. The van der Waals surface area contributed by atoms with E-state index in [1.54, 1.807) is 17.0 Å². The van der Waals surface area contributed by atoms with E-state index in [2.05, 4.69) is 42.8 Å². The molecular weight excluding hydrogens is 745 g/mol. The summed E-state index contributed by atoms with van der Waals surface area (Å²) in [4.78, 5) is 91.5. The highest BCUT2D eigenvalue weighted by atomic mass is 16.2. The number of hydrogen-bond donors (Lipinski definition) is 3. The zero-order chi connectivity index (χ0) is 40.2. The maximum absolute atomic E-state index is 13.3. The van der Waals surface area contributed by atoms with Crippen LogP contribution in [0.2, 0.25) is 0 Å². The summed E-state index contributed by atoms with van der Waals surface area (Å²) in [5.41, 5.74) is 9.04. The normalized spacial score (nSPS) is 23.4. The smallest absolute Gasteiger partial charge is 0.320 e. The molecule has 2 unspecified atom stereocenters. The average Bonchev–Trinajstić information content (AvgIpc) is 3.67. The summed E-state index contributed by atoms with van der Waals surface area (Å²) in [7, 11) is 1.82. The largest absolute Gasteiger partial charge is 0.368 e. The van der Waals surface area contributed by atoms with Gasteiger partial charge in [-0.05, 0) is 87.0 Å². The summed E-state index contributed by atoms with van der Waals surface area (Å²) in [5, 5.41) is 13.9. The molecule has 2 aromatic carbocycles. The van der Waals surface area contributed by atoms with Crippen LogP contribution in [0.3, 0.4) is 0 Å². The first-order chi connectivity index (χ1) is 28.0. The summed E-state index contributed by atoms with van der Waals surface area (Å²) in [6.45, 7) is 6.23. The number of carbonyl (C=O) groups is 6. The molecule has 18 heteroatoms.